The zero-order valence-electron chi connectivity index (χ0n) is 6.80. The molecule has 10 heavy (non-hydrogen) atoms. The van der Waals surface area contributed by atoms with Crippen LogP contribution in [-0.4, -0.2) is 23.8 Å². The van der Waals surface area contributed by atoms with E-state index in [0.717, 1.165) is 18.9 Å². The molecule has 2 nitrogen and oxygen atoms in total. The summed E-state index contributed by atoms with van der Waals surface area (Å²) in [5.41, 5.74) is 0. The lowest BCUT2D eigenvalue weighted by atomic mass is 10.3. The number of nitrogens with one attached hydrogen (secondary N) is 1. The van der Waals surface area contributed by atoms with Crippen molar-refractivity contribution in [2.45, 2.75) is 38.8 Å². The maximum Gasteiger partial charge on any atom is 0.0662 e. The summed E-state index contributed by atoms with van der Waals surface area (Å²) < 4.78 is 0. The molecule has 0 aromatic rings. The number of hydrogen-bond acceptors (Lipinski definition) is 2. The first-order chi connectivity index (χ1) is 4.74. The van der Waals surface area contributed by atoms with Crippen molar-refractivity contribution in [3.63, 3.8) is 0 Å². The summed E-state index contributed by atoms with van der Waals surface area (Å²) in [5, 5.41) is 12.5. The zero-order valence-corrected chi connectivity index (χ0v) is 6.80. The molecule has 2 N–H and O–H groups in total. The van der Waals surface area contributed by atoms with E-state index in [2.05, 4.69) is 12.2 Å². The van der Waals surface area contributed by atoms with Gasteiger partial charge < -0.3 is 10.4 Å². The minimum atomic E-state index is -0.146. The molecule has 2 heteroatoms. The van der Waals surface area contributed by atoms with Gasteiger partial charge in [0.2, 0.25) is 0 Å². The average Bonchev–Trinajstić information content (AvgIpc) is 2.61. The monoisotopic (exact) mass is 143 g/mol. The summed E-state index contributed by atoms with van der Waals surface area (Å²) in [6.45, 7) is 5.00. The molecule has 0 radical (unpaired) electrons. The molecule has 0 saturated heterocycles. The Labute approximate surface area is 62.6 Å². The second-order valence-corrected chi connectivity index (χ2v) is 3.29. The zero-order chi connectivity index (χ0) is 7.56. The van der Waals surface area contributed by atoms with Crippen LogP contribution in [0.4, 0.5) is 0 Å². The topological polar surface area (TPSA) is 32.3 Å². The summed E-state index contributed by atoms with van der Waals surface area (Å²) in [4.78, 5) is 0. The fraction of sp³-hybridized carbons (Fsp3) is 1.00. The third kappa shape index (κ3) is 2.27. The quantitative estimate of drug-likeness (QED) is 0.609. The van der Waals surface area contributed by atoms with Crippen molar-refractivity contribution >= 4 is 0 Å². The smallest absolute Gasteiger partial charge is 0.0662 e. The van der Waals surface area contributed by atoms with Gasteiger partial charge in [0.15, 0.2) is 0 Å². The highest BCUT2D eigenvalue weighted by Gasteiger charge is 2.31. The molecule has 1 aliphatic rings. The van der Waals surface area contributed by atoms with Crippen LogP contribution >= 0.6 is 0 Å². The van der Waals surface area contributed by atoms with E-state index in [9.17, 15) is 0 Å². The van der Waals surface area contributed by atoms with Crippen LogP contribution in [0, 0.1) is 5.92 Å². The van der Waals surface area contributed by atoms with Crippen molar-refractivity contribution in [3.8, 4) is 0 Å². The Morgan fingerprint density at radius 2 is 2.30 bits per heavy atom. The molecule has 0 aliphatic heterocycles. The second kappa shape index (κ2) is 3.35. The van der Waals surface area contributed by atoms with E-state index in [1.54, 1.807) is 0 Å². The maximum atomic E-state index is 9.16. The number of aliphatic hydroxyl groups is 1. The molecule has 0 aromatic heterocycles. The SMILES string of the molecule is CCC(O)CNC1CC1C. The van der Waals surface area contributed by atoms with Gasteiger partial charge in [-0.15, -0.1) is 0 Å². The van der Waals surface area contributed by atoms with Crippen molar-refractivity contribution in [3.05, 3.63) is 0 Å². The van der Waals surface area contributed by atoms with E-state index < -0.39 is 0 Å². The summed E-state index contributed by atoms with van der Waals surface area (Å²) in [6.07, 6.45) is 2.00. The van der Waals surface area contributed by atoms with Crippen LogP contribution < -0.4 is 5.32 Å². The Kier molecular flexibility index (Phi) is 2.69. The Morgan fingerprint density at radius 1 is 1.70 bits per heavy atom. The lowest BCUT2D eigenvalue weighted by Crippen LogP contribution is -2.28. The van der Waals surface area contributed by atoms with E-state index in [4.69, 9.17) is 5.11 Å². The molecule has 1 saturated carbocycles. The summed E-state index contributed by atoms with van der Waals surface area (Å²) in [5.74, 6) is 0.837. The Morgan fingerprint density at radius 3 is 2.70 bits per heavy atom. The molecule has 0 spiro atoms. The fourth-order valence-electron chi connectivity index (χ4n) is 1.04. The molecule has 1 fully saturated rings. The van der Waals surface area contributed by atoms with Crippen LogP contribution in [0.5, 0.6) is 0 Å². The van der Waals surface area contributed by atoms with E-state index in [1.165, 1.54) is 6.42 Å². The van der Waals surface area contributed by atoms with Gasteiger partial charge in [0.05, 0.1) is 6.10 Å². The largest absolute Gasteiger partial charge is 0.392 e. The highest BCUT2D eigenvalue weighted by molar-refractivity contribution is 4.89. The van der Waals surface area contributed by atoms with Gasteiger partial charge in [0.25, 0.3) is 0 Å². The van der Waals surface area contributed by atoms with E-state index >= 15 is 0 Å². The lowest BCUT2D eigenvalue weighted by molar-refractivity contribution is 0.166. The molecule has 60 valence electrons. The number of aliphatic hydroxyl groups excluding tert-OH is 1. The Hall–Kier alpha value is -0.0800. The molecule has 1 aliphatic carbocycles. The van der Waals surface area contributed by atoms with Gasteiger partial charge >= 0.3 is 0 Å². The molecule has 1 rings (SSSR count). The van der Waals surface area contributed by atoms with Gasteiger partial charge in [0.1, 0.15) is 0 Å². The molecule has 0 bridgehead atoms. The van der Waals surface area contributed by atoms with E-state index in [0.29, 0.717) is 6.04 Å². The van der Waals surface area contributed by atoms with Crippen LogP contribution in [0.1, 0.15) is 26.7 Å². The Balaban J connectivity index is 1.95. The fourth-order valence-corrected chi connectivity index (χ4v) is 1.04. The highest BCUT2D eigenvalue weighted by atomic mass is 16.3. The van der Waals surface area contributed by atoms with Crippen molar-refractivity contribution < 1.29 is 5.11 Å². The van der Waals surface area contributed by atoms with Gasteiger partial charge in [-0.2, -0.15) is 0 Å². The van der Waals surface area contributed by atoms with Crippen molar-refractivity contribution in [2.24, 2.45) is 5.92 Å². The van der Waals surface area contributed by atoms with Gasteiger partial charge in [-0.25, -0.2) is 0 Å². The molecule has 0 heterocycles. The molecular formula is C8H17NO. The second-order valence-electron chi connectivity index (χ2n) is 3.29. The third-order valence-electron chi connectivity index (χ3n) is 2.20. The number of rotatable bonds is 4. The molecule has 3 unspecified atom stereocenters. The summed E-state index contributed by atoms with van der Waals surface area (Å²) in [6, 6.07) is 0.696. The maximum absolute atomic E-state index is 9.16. The summed E-state index contributed by atoms with van der Waals surface area (Å²) in [7, 11) is 0. The van der Waals surface area contributed by atoms with Gasteiger partial charge in [-0.1, -0.05) is 13.8 Å². The molecule has 0 amide bonds. The van der Waals surface area contributed by atoms with Gasteiger partial charge in [-0.3, -0.25) is 0 Å². The van der Waals surface area contributed by atoms with Crippen LogP contribution in [0.25, 0.3) is 0 Å². The Bertz CT molecular complexity index is 101. The molecular weight excluding hydrogens is 126 g/mol. The highest BCUT2D eigenvalue weighted by Crippen LogP contribution is 2.28. The summed E-state index contributed by atoms with van der Waals surface area (Å²) >= 11 is 0. The van der Waals surface area contributed by atoms with Crippen LogP contribution in [-0.2, 0) is 0 Å². The van der Waals surface area contributed by atoms with E-state index in [-0.39, 0.29) is 6.10 Å². The predicted octanol–water partition coefficient (Wildman–Crippen LogP) is 0.755. The van der Waals surface area contributed by atoms with E-state index in [1.807, 2.05) is 6.92 Å². The first-order valence-electron chi connectivity index (χ1n) is 4.15. The lowest BCUT2D eigenvalue weighted by Gasteiger charge is -2.07. The van der Waals surface area contributed by atoms with Gasteiger partial charge in [-0.05, 0) is 18.8 Å². The average molecular weight is 143 g/mol. The van der Waals surface area contributed by atoms with Crippen LogP contribution in [0.15, 0.2) is 0 Å². The molecule has 3 atom stereocenters. The minimum absolute atomic E-state index is 0.146. The molecule has 0 aromatic carbocycles. The van der Waals surface area contributed by atoms with Gasteiger partial charge in [0, 0.05) is 12.6 Å². The van der Waals surface area contributed by atoms with Crippen molar-refractivity contribution in [1.29, 1.82) is 0 Å². The standard InChI is InChI=1S/C8H17NO/c1-3-7(10)5-9-8-4-6(8)2/h6-10H,3-5H2,1-2H3. The normalized spacial score (nSPS) is 33.9. The van der Waals surface area contributed by atoms with Crippen LogP contribution in [0.3, 0.4) is 0 Å². The minimum Gasteiger partial charge on any atom is -0.392 e. The van der Waals surface area contributed by atoms with Crippen molar-refractivity contribution in [2.75, 3.05) is 6.54 Å². The first kappa shape index (κ1) is 8.02. The third-order valence-corrected chi connectivity index (χ3v) is 2.20. The predicted molar refractivity (Wildman–Crippen MR) is 41.9 cm³/mol. The first-order valence-corrected chi connectivity index (χ1v) is 4.15. The number of hydrogen-bond donors (Lipinski definition) is 2. The van der Waals surface area contributed by atoms with Crippen molar-refractivity contribution in [1.82, 2.24) is 5.32 Å². The van der Waals surface area contributed by atoms with Crippen LogP contribution in [0.2, 0.25) is 0 Å².